The fraction of sp³-hybridized carbons (Fsp3) is 0.286. The summed E-state index contributed by atoms with van der Waals surface area (Å²) in [6.07, 6.45) is 3.61. The number of benzene rings is 1. The minimum Gasteiger partial charge on any atom is -0.382 e. The van der Waals surface area contributed by atoms with Gasteiger partial charge in [-0.2, -0.15) is 0 Å². The van der Waals surface area contributed by atoms with E-state index in [4.69, 9.17) is 11.6 Å². The third-order valence-corrected chi connectivity index (χ3v) is 7.18. The highest BCUT2D eigenvalue weighted by atomic mass is 35.5. The second-order valence-electron chi connectivity index (χ2n) is 10.1. The summed E-state index contributed by atoms with van der Waals surface area (Å²) in [5.74, 6) is -4.43. The van der Waals surface area contributed by atoms with Crippen LogP contribution in [-0.2, 0) is 5.60 Å². The monoisotopic (exact) mass is 540 g/mol. The summed E-state index contributed by atoms with van der Waals surface area (Å²) < 4.78 is 43.0. The van der Waals surface area contributed by atoms with Crippen molar-refractivity contribution in [1.29, 1.82) is 0 Å². The summed E-state index contributed by atoms with van der Waals surface area (Å²) in [7, 11) is 0. The molecule has 3 aromatic heterocycles. The van der Waals surface area contributed by atoms with Gasteiger partial charge in [-0.05, 0) is 86.9 Å². The third-order valence-electron chi connectivity index (χ3n) is 6.80. The minimum atomic E-state index is -1.51. The Morgan fingerprint density at radius 2 is 1.71 bits per heavy atom. The van der Waals surface area contributed by atoms with Gasteiger partial charge in [-0.1, -0.05) is 17.7 Å². The Balaban J connectivity index is 1.54. The highest BCUT2D eigenvalue weighted by Gasteiger charge is 2.43. The minimum absolute atomic E-state index is 0.0183. The van der Waals surface area contributed by atoms with E-state index in [1.54, 1.807) is 45.2 Å². The molecule has 1 aromatic carbocycles. The van der Waals surface area contributed by atoms with Gasteiger partial charge in [-0.15, -0.1) is 0 Å². The van der Waals surface area contributed by atoms with E-state index in [-0.39, 0.29) is 22.3 Å². The Hall–Kier alpha value is -3.56. The maximum absolute atomic E-state index is 14.4. The number of halogens is 4. The molecule has 1 N–H and O–H groups in total. The van der Waals surface area contributed by atoms with E-state index in [0.717, 1.165) is 6.07 Å². The van der Waals surface area contributed by atoms with Crippen LogP contribution in [-0.4, -0.2) is 24.6 Å². The number of pyridine rings is 2. The zero-order chi connectivity index (χ0) is 27.5. The highest BCUT2D eigenvalue weighted by Crippen LogP contribution is 2.56. The topological polar surface area (TPSA) is 80.9 Å². The van der Waals surface area contributed by atoms with Crippen molar-refractivity contribution in [2.45, 2.75) is 51.6 Å². The molecular weight excluding hydrogens is 517 g/mol. The molecular formula is C28H24ClF3N4O2. The molecule has 196 valence electrons. The summed E-state index contributed by atoms with van der Waals surface area (Å²) in [5, 5.41) is 10.3. The second-order valence-corrected chi connectivity index (χ2v) is 10.5. The lowest BCUT2D eigenvalue weighted by atomic mass is 10.0. The molecule has 0 amide bonds. The molecule has 0 unspecified atom stereocenters. The van der Waals surface area contributed by atoms with Crippen LogP contribution in [0.3, 0.4) is 0 Å². The Kier molecular flexibility index (Phi) is 6.39. The molecule has 6 nitrogen and oxygen atoms in total. The van der Waals surface area contributed by atoms with E-state index >= 15 is 0 Å². The zero-order valence-corrected chi connectivity index (χ0v) is 21.8. The van der Waals surface area contributed by atoms with E-state index in [9.17, 15) is 23.1 Å². The summed E-state index contributed by atoms with van der Waals surface area (Å²) >= 11 is 6.56. The normalized spacial score (nSPS) is 17.1. The quantitative estimate of drug-likeness (QED) is 0.320. The Labute approximate surface area is 221 Å². The summed E-state index contributed by atoms with van der Waals surface area (Å²) in [4.78, 5) is 26.5. The molecule has 1 saturated carbocycles. The van der Waals surface area contributed by atoms with Gasteiger partial charge in [-0.3, -0.25) is 14.3 Å². The molecule has 10 heteroatoms. The first-order chi connectivity index (χ1) is 17.9. The number of aromatic nitrogens is 4. The fourth-order valence-corrected chi connectivity index (χ4v) is 4.98. The van der Waals surface area contributed by atoms with Gasteiger partial charge in [0.25, 0.3) is 5.56 Å². The number of hydrogen-bond donors (Lipinski definition) is 1. The Bertz CT molecular complexity index is 1650. The van der Waals surface area contributed by atoms with Crippen LogP contribution in [0.4, 0.5) is 13.2 Å². The van der Waals surface area contributed by atoms with E-state index in [0.29, 0.717) is 40.3 Å². The molecule has 0 radical (unpaired) electrons. The smallest absolute Gasteiger partial charge is 0.274 e. The van der Waals surface area contributed by atoms with Gasteiger partial charge in [0.05, 0.1) is 17.1 Å². The van der Waals surface area contributed by atoms with Gasteiger partial charge in [-0.25, -0.2) is 23.1 Å². The van der Waals surface area contributed by atoms with Gasteiger partial charge < -0.3 is 5.11 Å². The molecule has 0 aliphatic heterocycles. The average molecular weight is 541 g/mol. The van der Waals surface area contributed by atoms with Crippen molar-refractivity contribution in [3.05, 3.63) is 104 Å². The first kappa shape index (κ1) is 26.1. The fourth-order valence-electron chi connectivity index (χ4n) is 4.70. The highest BCUT2D eigenvalue weighted by molar-refractivity contribution is 6.31. The summed E-state index contributed by atoms with van der Waals surface area (Å²) in [6, 6.07) is 7.28. The van der Waals surface area contributed by atoms with Crippen LogP contribution in [0.2, 0.25) is 5.02 Å². The van der Waals surface area contributed by atoms with Crippen LogP contribution in [0.25, 0.3) is 17.1 Å². The first-order valence-corrected chi connectivity index (χ1v) is 12.3. The van der Waals surface area contributed by atoms with Crippen LogP contribution in [0.5, 0.6) is 0 Å². The van der Waals surface area contributed by atoms with Gasteiger partial charge >= 0.3 is 0 Å². The van der Waals surface area contributed by atoms with Crippen molar-refractivity contribution >= 4 is 11.6 Å². The van der Waals surface area contributed by atoms with Crippen molar-refractivity contribution in [2.24, 2.45) is 0 Å². The molecule has 1 aliphatic rings. The predicted octanol–water partition coefficient (Wildman–Crippen LogP) is 5.88. The lowest BCUT2D eigenvalue weighted by Gasteiger charge is -2.17. The maximum Gasteiger partial charge on any atom is 0.274 e. The van der Waals surface area contributed by atoms with Crippen molar-refractivity contribution < 1.29 is 18.3 Å². The van der Waals surface area contributed by atoms with Crippen LogP contribution in [0.15, 0.2) is 47.5 Å². The number of aryl methyl sites for hydroxylation is 2. The largest absolute Gasteiger partial charge is 0.382 e. The molecule has 2 atom stereocenters. The van der Waals surface area contributed by atoms with Crippen molar-refractivity contribution in [3.63, 3.8) is 0 Å². The molecule has 0 saturated heterocycles. The van der Waals surface area contributed by atoms with E-state index < -0.39 is 34.5 Å². The molecule has 4 aromatic rings. The Morgan fingerprint density at radius 1 is 1.00 bits per heavy atom. The SMILES string of the molecule is Cc1cnc(-c2ccnc(C(C)(C)O)n2)cc1-n1c(C)cc([C@H]2C[C@@H]2c2ccc(F)c(F)c2F)c(Cl)c1=O. The third kappa shape index (κ3) is 4.50. The Morgan fingerprint density at radius 3 is 2.42 bits per heavy atom. The van der Waals surface area contributed by atoms with Crippen molar-refractivity contribution in [2.75, 3.05) is 0 Å². The van der Waals surface area contributed by atoms with Crippen LogP contribution < -0.4 is 5.56 Å². The average Bonchev–Trinajstić information content (AvgIpc) is 3.66. The second kappa shape index (κ2) is 9.32. The predicted molar refractivity (Wildman–Crippen MR) is 137 cm³/mol. The van der Waals surface area contributed by atoms with Crippen LogP contribution in [0.1, 0.15) is 60.3 Å². The summed E-state index contributed by atoms with van der Waals surface area (Å²) in [6.45, 7) is 6.73. The van der Waals surface area contributed by atoms with Gasteiger partial charge in [0.15, 0.2) is 23.3 Å². The number of rotatable bonds is 5. The zero-order valence-electron chi connectivity index (χ0n) is 21.1. The number of hydrogen-bond acceptors (Lipinski definition) is 5. The molecule has 1 fully saturated rings. The standard InChI is InChI=1S/C28H24ClF3N4O2/c1-13-12-34-21(20-7-8-33-27(35-20)28(3,4)38)11-22(13)36-14(2)9-18(23(29)26(36)37)17-10-16(17)15-5-6-19(30)25(32)24(15)31/h5-9,11-12,16-17,38H,10H2,1-4H3/t16-,17+/m1/s1. The number of aliphatic hydroxyl groups is 1. The molecule has 0 bridgehead atoms. The lowest BCUT2D eigenvalue weighted by Crippen LogP contribution is -2.23. The lowest BCUT2D eigenvalue weighted by molar-refractivity contribution is 0.0688. The van der Waals surface area contributed by atoms with Crippen LogP contribution >= 0.6 is 11.6 Å². The van der Waals surface area contributed by atoms with E-state index in [1.165, 1.54) is 16.8 Å². The van der Waals surface area contributed by atoms with Crippen molar-refractivity contribution in [1.82, 2.24) is 19.5 Å². The van der Waals surface area contributed by atoms with Crippen LogP contribution in [0, 0.1) is 31.3 Å². The first-order valence-electron chi connectivity index (χ1n) is 12.0. The molecule has 38 heavy (non-hydrogen) atoms. The van der Waals surface area contributed by atoms with Crippen molar-refractivity contribution in [3.8, 4) is 17.1 Å². The van der Waals surface area contributed by atoms with E-state index in [1.807, 2.05) is 6.92 Å². The molecule has 5 rings (SSSR count). The molecule has 0 spiro atoms. The maximum atomic E-state index is 14.4. The molecule has 1 aliphatic carbocycles. The summed E-state index contributed by atoms with van der Waals surface area (Å²) in [5.41, 5.74) is 1.70. The van der Waals surface area contributed by atoms with Gasteiger partial charge in [0.1, 0.15) is 10.6 Å². The molecule has 3 heterocycles. The van der Waals surface area contributed by atoms with E-state index in [2.05, 4.69) is 15.0 Å². The van der Waals surface area contributed by atoms with Gasteiger partial charge in [0, 0.05) is 18.1 Å². The number of nitrogens with zero attached hydrogens (tertiary/aromatic N) is 4. The van der Waals surface area contributed by atoms with Gasteiger partial charge in [0.2, 0.25) is 0 Å².